The number of anilines is 1. The van der Waals surface area contributed by atoms with Crippen molar-refractivity contribution in [2.45, 2.75) is 4.90 Å². The number of amides is 1. The lowest BCUT2D eigenvalue weighted by Gasteiger charge is -2.07. The van der Waals surface area contributed by atoms with Gasteiger partial charge in [0.15, 0.2) is 6.61 Å². The molecule has 8 heteroatoms. The zero-order valence-electron chi connectivity index (χ0n) is 12.2. The van der Waals surface area contributed by atoms with Gasteiger partial charge in [0, 0.05) is 20.6 Å². The lowest BCUT2D eigenvalue weighted by molar-refractivity contribution is -0.144. The summed E-state index contributed by atoms with van der Waals surface area (Å²) in [7, 11) is 0. The highest BCUT2D eigenvalue weighted by molar-refractivity contribution is 8.00. The second-order valence-corrected chi connectivity index (χ2v) is 6.88. The molecule has 1 amide bonds. The number of esters is 1. The molecule has 0 aromatic heterocycles. The number of hydrogen-bond acceptors (Lipinski definition) is 4. The molecule has 126 valence electrons. The molecule has 0 aliphatic rings. The summed E-state index contributed by atoms with van der Waals surface area (Å²) in [6.07, 6.45) is 0. The van der Waals surface area contributed by atoms with E-state index in [1.807, 2.05) is 0 Å². The predicted molar refractivity (Wildman–Crippen MR) is 98.2 cm³/mol. The second kappa shape index (κ2) is 9.18. The summed E-state index contributed by atoms with van der Waals surface area (Å²) in [6, 6.07) is 11.6. The zero-order valence-corrected chi connectivity index (χ0v) is 15.3. The van der Waals surface area contributed by atoms with Crippen molar-refractivity contribution in [1.29, 1.82) is 0 Å². The average Bonchev–Trinajstić information content (AvgIpc) is 2.54. The highest BCUT2D eigenvalue weighted by atomic mass is 35.5. The van der Waals surface area contributed by atoms with Crippen molar-refractivity contribution in [1.82, 2.24) is 0 Å². The highest BCUT2D eigenvalue weighted by Gasteiger charge is 2.10. The summed E-state index contributed by atoms with van der Waals surface area (Å²) < 4.78 is 4.92. The van der Waals surface area contributed by atoms with E-state index < -0.39 is 11.9 Å². The van der Waals surface area contributed by atoms with Crippen molar-refractivity contribution >= 4 is 64.1 Å². The predicted octanol–water partition coefficient (Wildman–Crippen LogP) is 4.92. The number of thioether (sulfide) groups is 1. The van der Waals surface area contributed by atoms with Gasteiger partial charge in [-0.1, -0.05) is 40.9 Å². The van der Waals surface area contributed by atoms with E-state index in [0.717, 1.165) is 0 Å². The first-order chi connectivity index (χ1) is 11.4. The molecule has 0 radical (unpaired) electrons. The Morgan fingerprint density at radius 1 is 1.04 bits per heavy atom. The first-order valence-corrected chi connectivity index (χ1v) is 8.85. The summed E-state index contributed by atoms with van der Waals surface area (Å²) in [5.41, 5.74) is 0.531. The van der Waals surface area contributed by atoms with Gasteiger partial charge in [0.1, 0.15) is 0 Å². The molecule has 24 heavy (non-hydrogen) atoms. The Bertz CT molecular complexity index is 755. The van der Waals surface area contributed by atoms with Gasteiger partial charge < -0.3 is 10.1 Å². The molecule has 0 heterocycles. The van der Waals surface area contributed by atoms with Crippen LogP contribution in [0.1, 0.15) is 0 Å². The lowest BCUT2D eigenvalue weighted by Crippen LogP contribution is -2.21. The van der Waals surface area contributed by atoms with Crippen molar-refractivity contribution < 1.29 is 14.3 Å². The van der Waals surface area contributed by atoms with Gasteiger partial charge in [0.25, 0.3) is 5.91 Å². The number of nitrogens with one attached hydrogen (secondary N) is 1. The monoisotopic (exact) mass is 403 g/mol. The Morgan fingerprint density at radius 3 is 2.54 bits per heavy atom. The minimum atomic E-state index is -0.530. The zero-order chi connectivity index (χ0) is 17.5. The maximum atomic E-state index is 11.7. The SMILES string of the molecule is O=C(COC(=O)CSc1cc(Cl)ccc1Cl)Nc1cccc(Cl)c1. The fourth-order valence-corrected chi connectivity index (χ4v) is 3.16. The summed E-state index contributed by atoms with van der Waals surface area (Å²) >= 11 is 18.9. The van der Waals surface area contributed by atoms with Crippen LogP contribution in [0.2, 0.25) is 15.1 Å². The molecule has 0 saturated heterocycles. The van der Waals surface area contributed by atoms with Crippen molar-refractivity contribution in [2.75, 3.05) is 17.7 Å². The second-order valence-electron chi connectivity index (χ2n) is 4.58. The Hall–Kier alpha value is -1.40. The van der Waals surface area contributed by atoms with Crippen LogP contribution in [0.4, 0.5) is 5.69 Å². The number of halogens is 3. The number of ether oxygens (including phenoxy) is 1. The lowest BCUT2D eigenvalue weighted by atomic mass is 10.3. The fourth-order valence-electron chi connectivity index (χ4n) is 1.68. The van der Waals surface area contributed by atoms with Crippen LogP contribution in [0.25, 0.3) is 0 Å². The van der Waals surface area contributed by atoms with Gasteiger partial charge in [-0.3, -0.25) is 9.59 Å². The average molecular weight is 405 g/mol. The van der Waals surface area contributed by atoms with E-state index in [-0.39, 0.29) is 12.4 Å². The van der Waals surface area contributed by atoms with E-state index >= 15 is 0 Å². The fraction of sp³-hybridized carbons (Fsp3) is 0.125. The molecule has 0 unspecified atom stereocenters. The molecule has 2 rings (SSSR count). The highest BCUT2D eigenvalue weighted by Crippen LogP contribution is 2.29. The molecule has 0 saturated carbocycles. The summed E-state index contributed by atoms with van der Waals surface area (Å²) in [5.74, 6) is -0.960. The van der Waals surface area contributed by atoms with Crippen LogP contribution >= 0.6 is 46.6 Å². The minimum Gasteiger partial charge on any atom is -0.455 e. The summed E-state index contributed by atoms with van der Waals surface area (Å²) in [4.78, 5) is 24.1. The molecular weight excluding hydrogens is 393 g/mol. The summed E-state index contributed by atoms with van der Waals surface area (Å²) in [6.45, 7) is -0.380. The molecule has 0 fully saturated rings. The number of benzene rings is 2. The van der Waals surface area contributed by atoms with Gasteiger partial charge in [0.2, 0.25) is 0 Å². The standard InChI is InChI=1S/C16H12Cl3NO3S/c17-10-2-1-3-12(6-10)20-15(21)8-23-16(22)9-24-14-7-11(18)4-5-13(14)19/h1-7H,8-9H2,(H,20,21). The largest absolute Gasteiger partial charge is 0.455 e. The molecule has 0 aliphatic heterocycles. The third-order valence-electron chi connectivity index (χ3n) is 2.71. The third-order valence-corrected chi connectivity index (χ3v) is 4.65. The van der Waals surface area contributed by atoms with Crippen LogP contribution in [-0.4, -0.2) is 24.2 Å². The number of carbonyl (C=O) groups excluding carboxylic acids is 2. The van der Waals surface area contributed by atoms with Crippen molar-refractivity contribution in [2.24, 2.45) is 0 Å². The molecule has 2 aromatic rings. The maximum Gasteiger partial charge on any atom is 0.316 e. The van der Waals surface area contributed by atoms with E-state index in [9.17, 15) is 9.59 Å². The molecule has 0 spiro atoms. The Morgan fingerprint density at radius 2 is 1.79 bits per heavy atom. The topological polar surface area (TPSA) is 55.4 Å². The Balaban J connectivity index is 1.76. The third kappa shape index (κ3) is 6.24. The van der Waals surface area contributed by atoms with Crippen molar-refractivity contribution in [3.8, 4) is 0 Å². The Kier molecular flexibility index (Phi) is 7.24. The summed E-state index contributed by atoms with van der Waals surface area (Å²) in [5, 5.41) is 4.10. The van der Waals surface area contributed by atoms with Crippen LogP contribution in [0.15, 0.2) is 47.4 Å². The van der Waals surface area contributed by atoms with Crippen LogP contribution in [0.5, 0.6) is 0 Å². The molecule has 0 bridgehead atoms. The van der Waals surface area contributed by atoms with E-state index in [0.29, 0.717) is 25.7 Å². The van der Waals surface area contributed by atoms with Gasteiger partial charge in [-0.05, 0) is 36.4 Å². The quantitative estimate of drug-likeness (QED) is 0.548. The van der Waals surface area contributed by atoms with Gasteiger partial charge >= 0.3 is 5.97 Å². The first kappa shape index (κ1) is 18.9. The maximum absolute atomic E-state index is 11.7. The molecular formula is C16H12Cl3NO3S. The van der Waals surface area contributed by atoms with Crippen molar-refractivity contribution in [3.63, 3.8) is 0 Å². The van der Waals surface area contributed by atoms with Gasteiger partial charge in [-0.25, -0.2) is 0 Å². The van der Waals surface area contributed by atoms with E-state index in [2.05, 4.69) is 5.32 Å². The van der Waals surface area contributed by atoms with Gasteiger partial charge in [-0.15, -0.1) is 11.8 Å². The van der Waals surface area contributed by atoms with Crippen LogP contribution in [0.3, 0.4) is 0 Å². The van der Waals surface area contributed by atoms with Crippen LogP contribution < -0.4 is 5.32 Å². The van der Waals surface area contributed by atoms with Crippen LogP contribution in [-0.2, 0) is 14.3 Å². The molecule has 0 aliphatic carbocycles. The first-order valence-electron chi connectivity index (χ1n) is 6.73. The molecule has 2 aromatic carbocycles. The van der Waals surface area contributed by atoms with E-state index in [1.54, 1.807) is 42.5 Å². The smallest absolute Gasteiger partial charge is 0.316 e. The van der Waals surface area contributed by atoms with E-state index in [1.165, 1.54) is 11.8 Å². The molecule has 4 nitrogen and oxygen atoms in total. The van der Waals surface area contributed by atoms with Gasteiger partial charge in [-0.2, -0.15) is 0 Å². The number of rotatable bonds is 6. The molecule has 1 N–H and O–H groups in total. The van der Waals surface area contributed by atoms with Crippen molar-refractivity contribution in [3.05, 3.63) is 57.5 Å². The van der Waals surface area contributed by atoms with Crippen LogP contribution in [0, 0.1) is 0 Å². The number of carbonyl (C=O) groups is 2. The van der Waals surface area contributed by atoms with E-state index in [4.69, 9.17) is 39.5 Å². The minimum absolute atomic E-state index is 0.0184. The molecule has 0 atom stereocenters. The Labute approximate surface area is 158 Å². The van der Waals surface area contributed by atoms with Gasteiger partial charge in [0.05, 0.1) is 10.8 Å². The normalized spacial score (nSPS) is 10.3. The number of hydrogen-bond donors (Lipinski definition) is 1.